The standard InChI is InChI=1S/C20H19BrFN3O2/c21-15-8-11-18(17(22)12-15)23-19(26)20(27)25-24-16-9-6-14(7-10-16)13-4-2-1-3-5-13/h1-5,8,11-12,14H,6-7,9-10H2,(H,23,26)(H,25,27). The fourth-order valence-electron chi connectivity index (χ4n) is 3.07. The van der Waals surface area contributed by atoms with Crippen LogP contribution in [0.2, 0.25) is 0 Å². The first-order valence-corrected chi connectivity index (χ1v) is 9.49. The van der Waals surface area contributed by atoms with Crippen molar-refractivity contribution in [3.05, 3.63) is 64.4 Å². The van der Waals surface area contributed by atoms with E-state index < -0.39 is 17.6 Å². The van der Waals surface area contributed by atoms with Gasteiger partial charge in [0.05, 0.1) is 5.69 Å². The van der Waals surface area contributed by atoms with Gasteiger partial charge in [-0.1, -0.05) is 46.3 Å². The molecule has 0 spiro atoms. The smallest absolute Gasteiger partial charge is 0.315 e. The van der Waals surface area contributed by atoms with Gasteiger partial charge in [-0.3, -0.25) is 9.59 Å². The van der Waals surface area contributed by atoms with Gasteiger partial charge in [0.25, 0.3) is 0 Å². The Labute approximate surface area is 165 Å². The zero-order chi connectivity index (χ0) is 19.2. The van der Waals surface area contributed by atoms with E-state index in [4.69, 9.17) is 0 Å². The number of carbonyl (C=O) groups excluding carboxylic acids is 2. The van der Waals surface area contributed by atoms with Gasteiger partial charge in [0.15, 0.2) is 0 Å². The van der Waals surface area contributed by atoms with E-state index in [0.717, 1.165) is 31.4 Å². The average Bonchev–Trinajstić information content (AvgIpc) is 2.69. The minimum Gasteiger partial charge on any atom is -0.315 e. The van der Waals surface area contributed by atoms with Crippen molar-refractivity contribution in [3.63, 3.8) is 0 Å². The minimum absolute atomic E-state index is 0.0608. The summed E-state index contributed by atoms with van der Waals surface area (Å²) in [4.78, 5) is 23.8. The van der Waals surface area contributed by atoms with Gasteiger partial charge >= 0.3 is 11.8 Å². The number of hydrazone groups is 1. The van der Waals surface area contributed by atoms with E-state index in [0.29, 0.717) is 10.4 Å². The van der Waals surface area contributed by atoms with Crippen LogP contribution >= 0.6 is 15.9 Å². The Balaban J connectivity index is 1.50. The molecule has 3 rings (SSSR count). The zero-order valence-electron chi connectivity index (χ0n) is 14.5. The predicted molar refractivity (Wildman–Crippen MR) is 106 cm³/mol. The fraction of sp³-hybridized carbons (Fsp3) is 0.250. The molecule has 2 amide bonds. The number of hydrogen-bond acceptors (Lipinski definition) is 3. The molecule has 2 N–H and O–H groups in total. The molecule has 0 radical (unpaired) electrons. The normalized spacial score (nSPS) is 16.5. The van der Waals surface area contributed by atoms with Crippen LogP contribution in [0.5, 0.6) is 0 Å². The lowest BCUT2D eigenvalue weighted by molar-refractivity contribution is -0.136. The second kappa shape index (κ2) is 8.90. The number of nitrogens with zero attached hydrogens (tertiary/aromatic N) is 1. The van der Waals surface area contributed by atoms with E-state index in [-0.39, 0.29) is 5.69 Å². The topological polar surface area (TPSA) is 70.6 Å². The average molecular weight is 432 g/mol. The number of hydrogen-bond donors (Lipinski definition) is 2. The molecule has 1 saturated carbocycles. The monoisotopic (exact) mass is 431 g/mol. The fourth-order valence-corrected chi connectivity index (χ4v) is 3.41. The number of anilines is 1. The highest BCUT2D eigenvalue weighted by Gasteiger charge is 2.20. The summed E-state index contributed by atoms with van der Waals surface area (Å²) in [6.45, 7) is 0. The molecule has 0 unspecified atom stereocenters. The van der Waals surface area contributed by atoms with Crippen molar-refractivity contribution in [1.29, 1.82) is 0 Å². The minimum atomic E-state index is -0.960. The van der Waals surface area contributed by atoms with E-state index in [1.165, 1.54) is 17.7 Å². The molecule has 1 aliphatic carbocycles. The highest BCUT2D eigenvalue weighted by atomic mass is 79.9. The molecular weight excluding hydrogens is 413 g/mol. The molecule has 0 saturated heterocycles. The van der Waals surface area contributed by atoms with Crippen LogP contribution in [-0.2, 0) is 9.59 Å². The van der Waals surface area contributed by atoms with Crippen LogP contribution in [0.25, 0.3) is 0 Å². The molecule has 1 fully saturated rings. The molecule has 0 aliphatic heterocycles. The number of nitrogens with one attached hydrogen (secondary N) is 2. The molecule has 140 valence electrons. The number of rotatable bonds is 3. The van der Waals surface area contributed by atoms with Crippen LogP contribution in [-0.4, -0.2) is 17.5 Å². The molecular formula is C20H19BrFN3O2. The molecule has 0 bridgehead atoms. The summed E-state index contributed by atoms with van der Waals surface area (Å²) in [5, 5.41) is 6.30. The lowest BCUT2D eigenvalue weighted by Crippen LogP contribution is -2.33. The SMILES string of the molecule is O=C(NN=C1CCC(c2ccccc2)CC1)C(=O)Nc1ccc(Br)cc1F. The maximum atomic E-state index is 13.7. The molecule has 0 atom stereocenters. The first kappa shape index (κ1) is 19.2. The van der Waals surface area contributed by atoms with Gasteiger partial charge in [-0.15, -0.1) is 0 Å². The van der Waals surface area contributed by atoms with Crippen molar-refractivity contribution in [1.82, 2.24) is 5.43 Å². The summed E-state index contributed by atoms with van der Waals surface area (Å²) in [5.41, 5.74) is 4.38. The van der Waals surface area contributed by atoms with E-state index in [2.05, 4.69) is 43.9 Å². The van der Waals surface area contributed by atoms with E-state index in [1.807, 2.05) is 18.2 Å². The lowest BCUT2D eigenvalue weighted by atomic mass is 9.83. The van der Waals surface area contributed by atoms with Crippen LogP contribution < -0.4 is 10.7 Å². The Morgan fingerprint density at radius 2 is 1.74 bits per heavy atom. The highest BCUT2D eigenvalue weighted by molar-refractivity contribution is 9.10. The summed E-state index contributed by atoms with van der Waals surface area (Å²) in [6.07, 6.45) is 3.44. The number of benzene rings is 2. The predicted octanol–water partition coefficient (Wildman–Crippen LogP) is 4.36. The Bertz CT molecular complexity index is 861. The number of halogens is 2. The molecule has 0 heterocycles. The Morgan fingerprint density at radius 3 is 2.41 bits per heavy atom. The maximum Gasteiger partial charge on any atom is 0.329 e. The van der Waals surface area contributed by atoms with Gasteiger partial charge in [-0.05, 0) is 55.4 Å². The third-order valence-electron chi connectivity index (χ3n) is 4.53. The van der Waals surface area contributed by atoms with Gasteiger partial charge in [0.2, 0.25) is 0 Å². The van der Waals surface area contributed by atoms with Crippen molar-refractivity contribution in [3.8, 4) is 0 Å². The molecule has 2 aromatic rings. The Hall–Kier alpha value is -2.54. The van der Waals surface area contributed by atoms with Crippen molar-refractivity contribution in [2.45, 2.75) is 31.6 Å². The van der Waals surface area contributed by atoms with E-state index in [1.54, 1.807) is 6.07 Å². The first-order valence-electron chi connectivity index (χ1n) is 8.69. The van der Waals surface area contributed by atoms with Gasteiger partial charge in [-0.25, -0.2) is 9.82 Å². The molecule has 1 aliphatic rings. The Kier molecular flexibility index (Phi) is 6.34. The molecule has 7 heteroatoms. The van der Waals surface area contributed by atoms with Crippen LogP contribution in [0, 0.1) is 5.82 Å². The molecule has 0 aromatic heterocycles. The van der Waals surface area contributed by atoms with Crippen molar-refractivity contribution in [2.75, 3.05) is 5.32 Å². The van der Waals surface area contributed by atoms with Crippen LogP contribution in [0.3, 0.4) is 0 Å². The van der Waals surface area contributed by atoms with Crippen LogP contribution in [0.15, 0.2) is 58.1 Å². The second-order valence-electron chi connectivity index (χ2n) is 6.38. The Morgan fingerprint density at radius 1 is 1.04 bits per heavy atom. The first-order chi connectivity index (χ1) is 13.0. The van der Waals surface area contributed by atoms with Gasteiger partial charge < -0.3 is 5.32 Å². The van der Waals surface area contributed by atoms with Gasteiger partial charge in [-0.2, -0.15) is 5.10 Å². The summed E-state index contributed by atoms with van der Waals surface area (Å²) in [5.74, 6) is -2.02. The van der Waals surface area contributed by atoms with Crippen LogP contribution in [0.1, 0.15) is 37.2 Å². The number of carbonyl (C=O) groups is 2. The summed E-state index contributed by atoms with van der Waals surface area (Å²) < 4.78 is 14.3. The zero-order valence-corrected chi connectivity index (χ0v) is 16.1. The van der Waals surface area contributed by atoms with Gasteiger partial charge in [0, 0.05) is 10.2 Å². The lowest BCUT2D eigenvalue weighted by Gasteiger charge is -2.23. The van der Waals surface area contributed by atoms with E-state index >= 15 is 0 Å². The molecule has 27 heavy (non-hydrogen) atoms. The second-order valence-corrected chi connectivity index (χ2v) is 7.30. The molecule has 2 aromatic carbocycles. The third kappa shape index (κ3) is 5.23. The van der Waals surface area contributed by atoms with Crippen molar-refractivity contribution >= 4 is 39.1 Å². The summed E-state index contributed by atoms with van der Waals surface area (Å²) in [6, 6.07) is 14.5. The largest absolute Gasteiger partial charge is 0.329 e. The van der Waals surface area contributed by atoms with Crippen molar-refractivity contribution < 1.29 is 14.0 Å². The summed E-state index contributed by atoms with van der Waals surface area (Å²) in [7, 11) is 0. The summed E-state index contributed by atoms with van der Waals surface area (Å²) >= 11 is 3.13. The third-order valence-corrected chi connectivity index (χ3v) is 5.03. The number of amides is 2. The van der Waals surface area contributed by atoms with E-state index in [9.17, 15) is 14.0 Å². The van der Waals surface area contributed by atoms with Crippen molar-refractivity contribution in [2.24, 2.45) is 5.10 Å². The maximum absolute atomic E-state index is 13.7. The highest BCUT2D eigenvalue weighted by Crippen LogP contribution is 2.31. The van der Waals surface area contributed by atoms with Crippen LogP contribution in [0.4, 0.5) is 10.1 Å². The quantitative estimate of drug-likeness (QED) is 0.559. The molecule has 5 nitrogen and oxygen atoms in total. The van der Waals surface area contributed by atoms with Gasteiger partial charge in [0.1, 0.15) is 5.82 Å².